The average Bonchev–Trinajstić information content (AvgIpc) is 2.77. The molecule has 1 heterocycles. The summed E-state index contributed by atoms with van der Waals surface area (Å²) < 4.78 is 11.8. The Hall–Kier alpha value is -1.63. The number of amides is 1. The number of nitrogens with zero attached hydrogens (tertiary/aromatic N) is 1. The molecule has 0 unspecified atom stereocenters. The van der Waals surface area contributed by atoms with Crippen molar-refractivity contribution in [2.24, 2.45) is 35.0 Å². The van der Waals surface area contributed by atoms with Gasteiger partial charge in [-0.05, 0) is 70.1 Å². The Morgan fingerprint density at radius 1 is 1.15 bits per heavy atom. The lowest BCUT2D eigenvalue weighted by atomic mass is 9.57. The van der Waals surface area contributed by atoms with Crippen molar-refractivity contribution in [3.8, 4) is 0 Å². The van der Waals surface area contributed by atoms with E-state index in [-0.39, 0.29) is 48.3 Å². The summed E-state index contributed by atoms with van der Waals surface area (Å²) in [5, 5.41) is 10.00. The first kappa shape index (κ1) is 27.0. The highest BCUT2D eigenvalue weighted by atomic mass is 16.6. The van der Waals surface area contributed by atoms with Gasteiger partial charge in [0.05, 0.1) is 17.9 Å². The number of rotatable bonds is 7. The van der Waals surface area contributed by atoms with Gasteiger partial charge < -0.3 is 19.5 Å². The molecule has 3 aliphatic rings. The van der Waals surface area contributed by atoms with Crippen LogP contribution < -0.4 is 0 Å². The number of carbonyl (C=O) groups is 3. The summed E-state index contributed by atoms with van der Waals surface area (Å²) in [5.74, 6) is 0.825. The Kier molecular flexibility index (Phi) is 8.70. The fourth-order valence-corrected chi connectivity index (χ4v) is 6.39. The molecule has 7 nitrogen and oxygen atoms in total. The molecule has 0 aromatic heterocycles. The fourth-order valence-electron chi connectivity index (χ4n) is 6.39. The van der Waals surface area contributed by atoms with Crippen molar-refractivity contribution in [2.45, 2.75) is 104 Å². The van der Waals surface area contributed by atoms with Gasteiger partial charge in [0.25, 0.3) is 0 Å². The molecule has 0 aromatic rings. The molecule has 1 aliphatic heterocycles. The van der Waals surface area contributed by atoms with Gasteiger partial charge >= 0.3 is 11.9 Å². The van der Waals surface area contributed by atoms with E-state index in [9.17, 15) is 19.5 Å². The van der Waals surface area contributed by atoms with E-state index in [1.165, 1.54) is 0 Å². The molecule has 7 heteroatoms. The van der Waals surface area contributed by atoms with E-state index in [0.717, 1.165) is 25.7 Å². The molecule has 2 aliphatic carbocycles. The van der Waals surface area contributed by atoms with Gasteiger partial charge in [-0.2, -0.15) is 0 Å². The van der Waals surface area contributed by atoms with Gasteiger partial charge in [0.2, 0.25) is 5.91 Å². The Labute approximate surface area is 204 Å². The van der Waals surface area contributed by atoms with Gasteiger partial charge in [0.15, 0.2) is 0 Å². The van der Waals surface area contributed by atoms with Crippen molar-refractivity contribution >= 4 is 17.8 Å². The minimum Gasteiger partial charge on any atom is -0.462 e. The Morgan fingerprint density at radius 3 is 2.47 bits per heavy atom. The molecular formula is C27H45NO6. The van der Waals surface area contributed by atoms with Crippen molar-refractivity contribution in [3.05, 3.63) is 0 Å². The Morgan fingerprint density at radius 2 is 1.85 bits per heavy atom. The molecule has 0 spiro atoms. The number of hydrogen-bond donors (Lipinski definition) is 1. The first-order valence-corrected chi connectivity index (χ1v) is 13.2. The lowest BCUT2D eigenvalue weighted by molar-refractivity contribution is -0.176. The third-order valence-corrected chi connectivity index (χ3v) is 8.84. The number of hydrogen-bond acceptors (Lipinski definition) is 6. The van der Waals surface area contributed by atoms with Gasteiger partial charge in [0.1, 0.15) is 12.2 Å². The second-order valence-corrected chi connectivity index (χ2v) is 11.9. The Bertz CT molecular complexity index is 749. The summed E-state index contributed by atoms with van der Waals surface area (Å²) in [6, 6.07) is 0. The molecule has 3 rings (SSSR count). The summed E-state index contributed by atoms with van der Waals surface area (Å²) in [6.45, 7) is 8.10. The SMILES string of the molecule is CCC(C)(C)C(=O)O[C@H]1C[C@@H](C(=O)N(C)C)C[C@@H]2CC[C@H](C)[C@H](CC[C@@H]3C[C@@H](O)CC(=O)O3)[C@H]21. The highest BCUT2D eigenvalue weighted by molar-refractivity contribution is 5.79. The number of ether oxygens (including phenoxy) is 2. The minimum atomic E-state index is -0.625. The van der Waals surface area contributed by atoms with Crippen molar-refractivity contribution < 1.29 is 29.0 Å². The van der Waals surface area contributed by atoms with E-state index in [1.807, 2.05) is 20.8 Å². The predicted octanol–water partition coefficient (Wildman–Crippen LogP) is 3.96. The van der Waals surface area contributed by atoms with Gasteiger partial charge in [0, 0.05) is 32.4 Å². The van der Waals surface area contributed by atoms with Crippen LogP contribution in [0.4, 0.5) is 0 Å². The molecule has 34 heavy (non-hydrogen) atoms. The molecule has 1 saturated heterocycles. The number of esters is 2. The number of aliphatic hydroxyl groups is 1. The minimum absolute atomic E-state index is 0.0769. The normalized spacial score (nSPS) is 36.3. The zero-order valence-electron chi connectivity index (χ0n) is 21.9. The molecule has 0 radical (unpaired) electrons. The van der Waals surface area contributed by atoms with E-state index in [1.54, 1.807) is 19.0 Å². The van der Waals surface area contributed by atoms with Crippen LogP contribution in [0.3, 0.4) is 0 Å². The quantitative estimate of drug-likeness (QED) is 0.556. The molecular weight excluding hydrogens is 434 g/mol. The van der Waals surface area contributed by atoms with Crippen LogP contribution in [0, 0.1) is 35.0 Å². The van der Waals surface area contributed by atoms with Gasteiger partial charge in [-0.3, -0.25) is 14.4 Å². The van der Waals surface area contributed by atoms with Crippen LogP contribution in [0.1, 0.15) is 85.5 Å². The van der Waals surface area contributed by atoms with Crippen LogP contribution in [0.15, 0.2) is 0 Å². The Balaban J connectivity index is 1.80. The van der Waals surface area contributed by atoms with Crippen molar-refractivity contribution in [1.82, 2.24) is 4.90 Å². The molecule has 1 N–H and O–H groups in total. The number of cyclic esters (lactones) is 1. The highest BCUT2D eigenvalue weighted by Crippen LogP contribution is 2.51. The lowest BCUT2D eigenvalue weighted by Crippen LogP contribution is -2.51. The molecule has 0 aromatic carbocycles. The molecule has 1 amide bonds. The van der Waals surface area contributed by atoms with Gasteiger partial charge in [-0.15, -0.1) is 0 Å². The van der Waals surface area contributed by atoms with Crippen LogP contribution in [-0.4, -0.2) is 60.3 Å². The maximum absolute atomic E-state index is 13.1. The average molecular weight is 480 g/mol. The standard InChI is InChI=1S/C27H45NO6/c1-7-27(3,4)26(32)34-22-13-18(25(31)28(5)6)12-17-9-8-16(2)21(24(17)22)11-10-20-14-19(29)15-23(30)33-20/h16-22,24,29H,7-15H2,1-6H3/t16-,17-,18-,19+,20+,21-,22-,24-/m0/s1. The van der Waals surface area contributed by atoms with Crippen molar-refractivity contribution in [1.29, 1.82) is 0 Å². The topological polar surface area (TPSA) is 93.1 Å². The van der Waals surface area contributed by atoms with Crippen LogP contribution in [0.2, 0.25) is 0 Å². The van der Waals surface area contributed by atoms with Crippen molar-refractivity contribution in [3.63, 3.8) is 0 Å². The second kappa shape index (κ2) is 11.0. The van der Waals surface area contributed by atoms with Crippen LogP contribution in [0.5, 0.6) is 0 Å². The molecule has 3 fully saturated rings. The second-order valence-electron chi connectivity index (χ2n) is 11.9. The molecule has 2 saturated carbocycles. The lowest BCUT2D eigenvalue weighted by Gasteiger charge is -2.50. The molecule has 194 valence electrons. The van der Waals surface area contributed by atoms with E-state index in [4.69, 9.17) is 9.47 Å². The van der Waals surface area contributed by atoms with E-state index >= 15 is 0 Å². The van der Waals surface area contributed by atoms with Gasteiger partial charge in [-0.25, -0.2) is 0 Å². The molecule has 8 atom stereocenters. The zero-order chi connectivity index (χ0) is 25.2. The maximum Gasteiger partial charge on any atom is 0.311 e. The highest BCUT2D eigenvalue weighted by Gasteiger charge is 2.50. The third kappa shape index (κ3) is 6.13. The number of aliphatic hydroxyl groups excluding tert-OH is 1. The summed E-state index contributed by atoms with van der Waals surface area (Å²) >= 11 is 0. The monoisotopic (exact) mass is 479 g/mol. The summed E-state index contributed by atoms with van der Waals surface area (Å²) in [4.78, 5) is 39.5. The first-order chi connectivity index (χ1) is 15.9. The van der Waals surface area contributed by atoms with Crippen molar-refractivity contribution in [2.75, 3.05) is 14.1 Å². The summed E-state index contributed by atoms with van der Waals surface area (Å²) in [6.07, 6.45) is 5.22. The fraction of sp³-hybridized carbons (Fsp3) is 0.889. The largest absolute Gasteiger partial charge is 0.462 e. The molecule has 0 bridgehead atoms. The summed E-state index contributed by atoms with van der Waals surface area (Å²) in [5.41, 5.74) is -0.559. The predicted molar refractivity (Wildman–Crippen MR) is 129 cm³/mol. The van der Waals surface area contributed by atoms with Crippen LogP contribution in [-0.2, 0) is 23.9 Å². The third-order valence-electron chi connectivity index (χ3n) is 8.84. The smallest absolute Gasteiger partial charge is 0.311 e. The summed E-state index contributed by atoms with van der Waals surface area (Å²) in [7, 11) is 3.59. The van der Waals surface area contributed by atoms with E-state index < -0.39 is 11.5 Å². The van der Waals surface area contributed by atoms with Crippen LogP contribution in [0.25, 0.3) is 0 Å². The maximum atomic E-state index is 13.1. The number of carbonyl (C=O) groups excluding carboxylic acids is 3. The van der Waals surface area contributed by atoms with E-state index in [2.05, 4.69) is 6.92 Å². The first-order valence-electron chi connectivity index (χ1n) is 13.2. The number of fused-ring (bicyclic) bond motifs is 1. The van der Waals surface area contributed by atoms with E-state index in [0.29, 0.717) is 43.4 Å². The van der Waals surface area contributed by atoms with Gasteiger partial charge in [-0.1, -0.05) is 20.3 Å². The zero-order valence-corrected chi connectivity index (χ0v) is 21.9. The van der Waals surface area contributed by atoms with Crippen LogP contribution >= 0.6 is 0 Å².